The second kappa shape index (κ2) is 9.20. The van der Waals surface area contributed by atoms with Crippen LogP contribution in [0.5, 0.6) is 0 Å². The number of rotatable bonds is 6. The molecule has 1 aliphatic heterocycles. The molecule has 5 rings (SSSR count). The van der Waals surface area contributed by atoms with Crippen LogP contribution in [0.25, 0.3) is 23.0 Å². The van der Waals surface area contributed by atoms with Crippen LogP contribution in [0.4, 0.5) is 11.6 Å². The van der Waals surface area contributed by atoms with Crippen molar-refractivity contribution < 1.29 is 12.8 Å². The van der Waals surface area contributed by atoms with Crippen LogP contribution in [-0.4, -0.2) is 59.1 Å². The fourth-order valence-electron chi connectivity index (χ4n) is 3.79. The highest BCUT2D eigenvalue weighted by atomic mass is 32.2. The topological polar surface area (TPSA) is 131 Å². The summed E-state index contributed by atoms with van der Waals surface area (Å²) in [5.74, 6) is 1.27. The third-order valence-corrected chi connectivity index (χ3v) is 7.43. The van der Waals surface area contributed by atoms with Crippen LogP contribution in [0.1, 0.15) is 5.56 Å². The van der Waals surface area contributed by atoms with Gasteiger partial charge in [0.05, 0.1) is 11.9 Å². The molecule has 0 aliphatic carbocycles. The maximum atomic E-state index is 12.8. The minimum absolute atomic E-state index is 0.0133. The zero-order valence-corrected chi connectivity index (χ0v) is 19.1. The predicted octanol–water partition coefficient (Wildman–Crippen LogP) is 2.43. The summed E-state index contributed by atoms with van der Waals surface area (Å²) in [6, 6.07) is 18.6. The molecular weight excluding hydrogens is 454 g/mol. The van der Waals surface area contributed by atoms with Crippen LogP contribution in [-0.2, 0) is 15.8 Å². The first-order valence-corrected chi connectivity index (χ1v) is 12.4. The molecule has 0 saturated carbocycles. The Hall–Kier alpha value is -3.83. The van der Waals surface area contributed by atoms with Gasteiger partial charge < -0.3 is 15.1 Å². The van der Waals surface area contributed by atoms with Crippen LogP contribution < -0.4 is 10.6 Å². The third kappa shape index (κ3) is 4.61. The van der Waals surface area contributed by atoms with E-state index < -0.39 is 10.0 Å². The Kier molecular flexibility index (Phi) is 5.95. The molecule has 2 aromatic heterocycles. The Morgan fingerprint density at radius 2 is 1.53 bits per heavy atom. The summed E-state index contributed by atoms with van der Waals surface area (Å²) in [6.45, 7) is 1.67. The van der Waals surface area contributed by atoms with Crippen molar-refractivity contribution in [3.63, 3.8) is 0 Å². The smallest absolute Gasteiger partial charge is 0.270 e. The van der Waals surface area contributed by atoms with Crippen molar-refractivity contribution in [2.24, 2.45) is 0 Å². The average molecular weight is 478 g/mol. The van der Waals surface area contributed by atoms with Crippen molar-refractivity contribution in [2.75, 3.05) is 36.8 Å². The Morgan fingerprint density at radius 1 is 0.882 bits per heavy atom. The molecule has 0 radical (unpaired) electrons. The molecule has 0 atom stereocenters. The summed E-state index contributed by atoms with van der Waals surface area (Å²) in [7, 11) is -3.41. The van der Waals surface area contributed by atoms with Crippen LogP contribution >= 0.6 is 0 Å². The lowest BCUT2D eigenvalue weighted by Gasteiger charge is -2.34. The molecule has 3 heterocycles. The lowest BCUT2D eigenvalue weighted by molar-refractivity contribution is 0.383. The maximum absolute atomic E-state index is 12.8. The van der Waals surface area contributed by atoms with E-state index in [1.54, 1.807) is 6.20 Å². The number of nitrogen functional groups attached to an aromatic ring is 1. The summed E-state index contributed by atoms with van der Waals surface area (Å²) in [4.78, 5) is 10.8. The zero-order valence-electron chi connectivity index (χ0n) is 18.3. The third-order valence-electron chi connectivity index (χ3n) is 5.58. The minimum Gasteiger partial charge on any atom is -0.414 e. The largest absolute Gasteiger partial charge is 0.414 e. The first-order chi connectivity index (χ1) is 16.5. The molecular formula is C23H23N7O3S. The van der Waals surface area contributed by atoms with E-state index in [4.69, 9.17) is 10.2 Å². The predicted molar refractivity (Wildman–Crippen MR) is 128 cm³/mol. The van der Waals surface area contributed by atoms with Gasteiger partial charge in [0, 0.05) is 31.7 Å². The van der Waals surface area contributed by atoms with Gasteiger partial charge in [-0.1, -0.05) is 48.5 Å². The van der Waals surface area contributed by atoms with Crippen LogP contribution in [0.2, 0.25) is 0 Å². The number of nitrogens with zero attached hydrogens (tertiary/aromatic N) is 6. The van der Waals surface area contributed by atoms with Crippen molar-refractivity contribution in [3.05, 3.63) is 72.4 Å². The van der Waals surface area contributed by atoms with Crippen molar-refractivity contribution in [3.8, 4) is 23.0 Å². The molecule has 10 nitrogen and oxygen atoms in total. The number of hydrogen-bond donors (Lipinski definition) is 1. The molecule has 2 N–H and O–H groups in total. The van der Waals surface area contributed by atoms with Gasteiger partial charge in [-0.3, -0.25) is 0 Å². The van der Waals surface area contributed by atoms with Crippen molar-refractivity contribution in [1.29, 1.82) is 0 Å². The maximum Gasteiger partial charge on any atom is 0.270 e. The molecule has 0 amide bonds. The lowest BCUT2D eigenvalue weighted by atomic mass is 10.2. The normalized spacial score (nSPS) is 14.9. The van der Waals surface area contributed by atoms with E-state index in [0.717, 1.165) is 11.1 Å². The van der Waals surface area contributed by atoms with E-state index in [1.807, 2.05) is 65.6 Å². The van der Waals surface area contributed by atoms with Gasteiger partial charge in [-0.15, -0.1) is 10.2 Å². The standard InChI is InChI=1S/C23H23N7O3S/c24-21-20(23-28-27-22(33-23)18-9-5-2-6-10-18)26-19(15-25-21)29-11-13-30(14-12-29)34(31,32)16-17-7-3-1-4-8-17/h1-10,15H,11-14,16H2,(H2,24,25). The van der Waals surface area contributed by atoms with Gasteiger partial charge in [-0.2, -0.15) is 4.31 Å². The van der Waals surface area contributed by atoms with Gasteiger partial charge in [0.2, 0.25) is 15.9 Å². The van der Waals surface area contributed by atoms with Crippen LogP contribution in [0.15, 0.2) is 71.3 Å². The highest BCUT2D eigenvalue weighted by Gasteiger charge is 2.28. The summed E-state index contributed by atoms with van der Waals surface area (Å²) in [5, 5.41) is 8.18. The van der Waals surface area contributed by atoms with Crippen molar-refractivity contribution in [2.45, 2.75) is 5.75 Å². The molecule has 2 aromatic carbocycles. The first kappa shape index (κ1) is 22.0. The SMILES string of the molecule is Nc1ncc(N2CCN(S(=O)(=O)Cc3ccccc3)CC2)nc1-c1nnc(-c2ccccc2)o1. The fourth-order valence-corrected chi connectivity index (χ4v) is 5.30. The quantitative estimate of drug-likeness (QED) is 0.445. The van der Waals surface area contributed by atoms with E-state index in [2.05, 4.69) is 20.2 Å². The van der Waals surface area contributed by atoms with Gasteiger partial charge in [0.1, 0.15) is 5.82 Å². The highest BCUT2D eigenvalue weighted by molar-refractivity contribution is 7.88. The van der Waals surface area contributed by atoms with E-state index in [-0.39, 0.29) is 17.5 Å². The van der Waals surface area contributed by atoms with E-state index in [0.29, 0.717) is 43.6 Å². The second-order valence-corrected chi connectivity index (χ2v) is 9.84. The van der Waals surface area contributed by atoms with E-state index in [1.165, 1.54) is 4.31 Å². The van der Waals surface area contributed by atoms with Gasteiger partial charge in [-0.05, 0) is 17.7 Å². The molecule has 1 saturated heterocycles. The first-order valence-electron chi connectivity index (χ1n) is 10.8. The number of sulfonamides is 1. The monoisotopic (exact) mass is 477 g/mol. The number of nitrogens with two attached hydrogens (primary N) is 1. The fraction of sp³-hybridized carbons (Fsp3) is 0.217. The van der Waals surface area contributed by atoms with Gasteiger partial charge in [0.25, 0.3) is 5.89 Å². The van der Waals surface area contributed by atoms with E-state index in [9.17, 15) is 8.42 Å². The Labute approximate surface area is 197 Å². The molecule has 11 heteroatoms. The Bertz CT molecular complexity index is 1370. The van der Waals surface area contributed by atoms with Crippen LogP contribution in [0, 0.1) is 0 Å². The average Bonchev–Trinajstić information content (AvgIpc) is 3.36. The number of benzene rings is 2. The molecule has 4 aromatic rings. The minimum atomic E-state index is -3.41. The molecule has 0 bridgehead atoms. The summed E-state index contributed by atoms with van der Waals surface area (Å²) in [5.41, 5.74) is 7.90. The van der Waals surface area contributed by atoms with Crippen molar-refractivity contribution >= 4 is 21.7 Å². The number of aromatic nitrogens is 4. The molecule has 0 unspecified atom stereocenters. The molecule has 1 aliphatic rings. The van der Waals surface area contributed by atoms with Crippen molar-refractivity contribution in [1.82, 2.24) is 24.5 Å². The lowest BCUT2D eigenvalue weighted by Crippen LogP contribution is -2.49. The molecule has 1 fully saturated rings. The van der Waals surface area contributed by atoms with Gasteiger partial charge in [-0.25, -0.2) is 18.4 Å². The van der Waals surface area contributed by atoms with Gasteiger partial charge >= 0.3 is 0 Å². The summed E-state index contributed by atoms with van der Waals surface area (Å²) < 4.78 is 33.0. The van der Waals surface area contributed by atoms with E-state index >= 15 is 0 Å². The molecule has 34 heavy (non-hydrogen) atoms. The number of piperazine rings is 1. The zero-order chi connectivity index (χ0) is 23.5. The number of anilines is 2. The van der Waals surface area contributed by atoms with Crippen LogP contribution in [0.3, 0.4) is 0 Å². The Morgan fingerprint density at radius 3 is 2.24 bits per heavy atom. The second-order valence-electron chi connectivity index (χ2n) is 7.87. The molecule has 174 valence electrons. The highest BCUT2D eigenvalue weighted by Crippen LogP contribution is 2.27. The Balaban J connectivity index is 1.30. The summed E-state index contributed by atoms with van der Waals surface area (Å²) >= 11 is 0. The summed E-state index contributed by atoms with van der Waals surface area (Å²) in [6.07, 6.45) is 1.57. The van der Waals surface area contributed by atoms with Gasteiger partial charge in [0.15, 0.2) is 11.5 Å². The molecule has 0 spiro atoms. The number of hydrogen-bond acceptors (Lipinski definition) is 9.